The molecule has 2 aromatic rings. The van der Waals surface area contributed by atoms with Crippen molar-refractivity contribution in [2.45, 2.75) is 19.4 Å². The van der Waals surface area contributed by atoms with Crippen LogP contribution in [-0.4, -0.2) is 27.8 Å². The van der Waals surface area contributed by atoms with Gasteiger partial charge in [0, 0.05) is 32.2 Å². The Morgan fingerprint density at radius 3 is 3.00 bits per heavy atom. The lowest BCUT2D eigenvalue weighted by molar-refractivity contribution is 0.207. The molecular formula is C14H19N3O. The van der Waals surface area contributed by atoms with Crippen LogP contribution in [0.15, 0.2) is 24.5 Å². The van der Waals surface area contributed by atoms with Crippen molar-refractivity contribution >= 4 is 11.0 Å². The number of aryl methyl sites for hydroxylation is 1. The van der Waals surface area contributed by atoms with Gasteiger partial charge in [-0.3, -0.25) is 0 Å². The number of hydrogen-bond acceptors (Lipinski definition) is 3. The maximum atomic E-state index is 9.25. The van der Waals surface area contributed by atoms with Crippen molar-refractivity contribution in [3.8, 4) is 0 Å². The Kier molecular flexibility index (Phi) is 2.84. The number of fused-ring (bicyclic) bond motifs is 1. The normalized spacial score (nSPS) is 17.2. The molecule has 4 nitrogen and oxygen atoms in total. The summed E-state index contributed by atoms with van der Waals surface area (Å²) in [6.45, 7) is 2.05. The lowest BCUT2D eigenvalue weighted by atomic mass is 10.1. The number of nitrogens with zero attached hydrogens (tertiary/aromatic N) is 2. The van der Waals surface area contributed by atoms with Crippen LogP contribution in [0.1, 0.15) is 18.4 Å². The Morgan fingerprint density at radius 2 is 2.28 bits per heavy atom. The Hall–Kier alpha value is -1.39. The smallest absolute Gasteiger partial charge is 0.0955 e. The van der Waals surface area contributed by atoms with Crippen LogP contribution in [-0.2, 0) is 13.6 Å². The molecule has 0 bridgehead atoms. The van der Waals surface area contributed by atoms with Crippen LogP contribution < -0.4 is 5.32 Å². The lowest BCUT2D eigenvalue weighted by Gasteiger charge is -2.12. The molecule has 1 saturated carbocycles. The molecule has 0 saturated heterocycles. The fourth-order valence-electron chi connectivity index (χ4n) is 2.33. The minimum atomic E-state index is 0.176. The minimum Gasteiger partial charge on any atom is -0.396 e. The maximum absolute atomic E-state index is 9.25. The summed E-state index contributed by atoms with van der Waals surface area (Å²) >= 11 is 0. The summed E-state index contributed by atoms with van der Waals surface area (Å²) in [6.07, 6.45) is 4.14. The molecule has 0 amide bonds. The molecule has 0 spiro atoms. The maximum Gasteiger partial charge on any atom is 0.0955 e. The highest BCUT2D eigenvalue weighted by molar-refractivity contribution is 5.75. The number of hydrogen-bond donors (Lipinski definition) is 2. The van der Waals surface area contributed by atoms with E-state index >= 15 is 0 Å². The molecule has 1 fully saturated rings. The molecule has 1 aromatic heterocycles. The predicted molar refractivity (Wildman–Crippen MR) is 71.2 cm³/mol. The van der Waals surface area contributed by atoms with Crippen molar-refractivity contribution in [2.24, 2.45) is 12.5 Å². The van der Waals surface area contributed by atoms with E-state index in [1.165, 1.54) is 5.56 Å². The summed E-state index contributed by atoms with van der Waals surface area (Å²) in [7, 11) is 2.01. The molecule has 1 heterocycles. The fraction of sp³-hybridized carbons (Fsp3) is 0.500. The van der Waals surface area contributed by atoms with Crippen LogP contribution in [0.5, 0.6) is 0 Å². The summed E-state index contributed by atoms with van der Waals surface area (Å²) < 4.78 is 2.03. The standard InChI is InChI=1S/C14H19N3O/c1-17-10-16-12-6-11(2-3-13(12)17)7-15-8-14(9-18)4-5-14/h2-3,6,10,15,18H,4-5,7-9H2,1H3. The van der Waals surface area contributed by atoms with Crippen molar-refractivity contribution < 1.29 is 5.11 Å². The van der Waals surface area contributed by atoms with Crippen molar-refractivity contribution in [2.75, 3.05) is 13.2 Å². The van der Waals surface area contributed by atoms with Crippen LogP contribution in [0.25, 0.3) is 11.0 Å². The highest BCUT2D eigenvalue weighted by atomic mass is 16.3. The molecule has 1 aliphatic carbocycles. The topological polar surface area (TPSA) is 50.1 Å². The predicted octanol–water partition coefficient (Wildman–Crippen LogP) is 1.44. The quantitative estimate of drug-likeness (QED) is 0.838. The first-order chi connectivity index (χ1) is 8.72. The van der Waals surface area contributed by atoms with Gasteiger partial charge in [0.05, 0.1) is 17.4 Å². The van der Waals surface area contributed by atoms with Gasteiger partial charge < -0.3 is 15.0 Å². The molecule has 1 aromatic carbocycles. The van der Waals surface area contributed by atoms with Crippen molar-refractivity contribution in [3.05, 3.63) is 30.1 Å². The van der Waals surface area contributed by atoms with Gasteiger partial charge in [0.25, 0.3) is 0 Å². The Labute approximate surface area is 107 Å². The Bertz CT molecular complexity index is 557. The zero-order valence-electron chi connectivity index (χ0n) is 10.7. The van der Waals surface area contributed by atoms with E-state index in [9.17, 15) is 5.11 Å². The number of rotatable bonds is 5. The average Bonchev–Trinajstić information content (AvgIpc) is 3.08. The summed E-state index contributed by atoms with van der Waals surface area (Å²) in [6, 6.07) is 6.37. The van der Waals surface area contributed by atoms with E-state index in [1.54, 1.807) is 0 Å². The second-order valence-electron chi connectivity index (χ2n) is 5.44. The van der Waals surface area contributed by atoms with Gasteiger partial charge in [-0.2, -0.15) is 0 Å². The Morgan fingerprint density at radius 1 is 1.44 bits per heavy atom. The van der Waals surface area contributed by atoms with Crippen LogP contribution >= 0.6 is 0 Å². The molecule has 2 N–H and O–H groups in total. The van der Waals surface area contributed by atoms with Crippen LogP contribution in [0.3, 0.4) is 0 Å². The minimum absolute atomic E-state index is 0.176. The molecule has 0 atom stereocenters. The Balaban J connectivity index is 1.64. The zero-order chi connectivity index (χ0) is 12.6. The van der Waals surface area contributed by atoms with Gasteiger partial charge in [-0.25, -0.2) is 4.98 Å². The van der Waals surface area contributed by atoms with Gasteiger partial charge in [-0.1, -0.05) is 6.07 Å². The summed E-state index contributed by atoms with van der Waals surface area (Å²) in [5, 5.41) is 12.7. The van der Waals surface area contributed by atoms with Gasteiger partial charge >= 0.3 is 0 Å². The SMILES string of the molecule is Cn1cnc2cc(CNCC3(CO)CC3)ccc21. The number of benzene rings is 1. The van der Waals surface area contributed by atoms with Crippen molar-refractivity contribution in [1.29, 1.82) is 0 Å². The molecule has 3 rings (SSSR count). The average molecular weight is 245 g/mol. The monoisotopic (exact) mass is 245 g/mol. The van der Waals surface area contributed by atoms with Crippen LogP contribution in [0.2, 0.25) is 0 Å². The van der Waals surface area contributed by atoms with Gasteiger partial charge in [-0.05, 0) is 30.5 Å². The third-order valence-electron chi connectivity index (χ3n) is 3.91. The highest BCUT2D eigenvalue weighted by Gasteiger charge is 2.41. The number of aliphatic hydroxyl groups excluding tert-OH is 1. The van der Waals surface area contributed by atoms with Crippen molar-refractivity contribution in [1.82, 2.24) is 14.9 Å². The van der Waals surface area contributed by atoms with Gasteiger partial charge in [0.1, 0.15) is 0 Å². The molecular weight excluding hydrogens is 226 g/mol. The van der Waals surface area contributed by atoms with Gasteiger partial charge in [-0.15, -0.1) is 0 Å². The summed E-state index contributed by atoms with van der Waals surface area (Å²) in [4.78, 5) is 4.36. The fourth-order valence-corrected chi connectivity index (χ4v) is 2.33. The van der Waals surface area contributed by atoms with Crippen LogP contribution in [0.4, 0.5) is 0 Å². The van der Waals surface area contributed by atoms with E-state index in [1.807, 2.05) is 17.9 Å². The summed E-state index contributed by atoms with van der Waals surface area (Å²) in [5.41, 5.74) is 3.62. The van der Waals surface area contributed by atoms with E-state index in [0.717, 1.165) is 37.0 Å². The first-order valence-corrected chi connectivity index (χ1v) is 6.44. The van der Waals surface area contributed by atoms with Gasteiger partial charge in [0.2, 0.25) is 0 Å². The third kappa shape index (κ3) is 2.13. The highest BCUT2D eigenvalue weighted by Crippen LogP contribution is 2.44. The molecule has 0 radical (unpaired) electrons. The van der Waals surface area contributed by atoms with E-state index in [0.29, 0.717) is 6.61 Å². The second-order valence-corrected chi connectivity index (χ2v) is 5.44. The molecule has 4 heteroatoms. The first-order valence-electron chi connectivity index (χ1n) is 6.44. The largest absolute Gasteiger partial charge is 0.396 e. The third-order valence-corrected chi connectivity index (χ3v) is 3.91. The number of imidazole rings is 1. The molecule has 1 aliphatic rings. The zero-order valence-corrected chi connectivity index (χ0v) is 10.7. The van der Waals surface area contributed by atoms with E-state index in [2.05, 4.69) is 28.5 Å². The molecule has 18 heavy (non-hydrogen) atoms. The molecule has 0 aliphatic heterocycles. The van der Waals surface area contributed by atoms with Crippen molar-refractivity contribution in [3.63, 3.8) is 0 Å². The second kappa shape index (κ2) is 4.37. The number of aliphatic hydroxyl groups is 1. The van der Waals surface area contributed by atoms with Crippen LogP contribution in [0, 0.1) is 5.41 Å². The molecule has 0 unspecified atom stereocenters. The first kappa shape index (κ1) is 11.7. The van der Waals surface area contributed by atoms with Gasteiger partial charge in [0.15, 0.2) is 0 Å². The molecule has 96 valence electrons. The van der Waals surface area contributed by atoms with E-state index in [4.69, 9.17) is 0 Å². The number of aromatic nitrogens is 2. The van der Waals surface area contributed by atoms with E-state index in [-0.39, 0.29) is 5.41 Å². The number of nitrogens with one attached hydrogen (secondary N) is 1. The lowest BCUT2D eigenvalue weighted by Crippen LogP contribution is -2.26. The summed E-state index contributed by atoms with van der Waals surface area (Å²) in [5.74, 6) is 0. The van der Waals surface area contributed by atoms with E-state index < -0.39 is 0 Å².